The average molecular weight is 705 g/mol. The highest BCUT2D eigenvalue weighted by atomic mass is 15.3. The number of fused-ring (bicyclic) bond motifs is 10. The van der Waals surface area contributed by atoms with Gasteiger partial charge in [-0.2, -0.15) is 0 Å². The lowest BCUT2D eigenvalue weighted by Gasteiger charge is -2.38. The Bertz CT molecular complexity index is 3430. The smallest absolute Gasteiger partial charge is 0.129 e. The first kappa shape index (κ1) is 29.6. The minimum atomic E-state index is -0.133. The van der Waals surface area contributed by atoms with Crippen LogP contribution in [0.3, 0.4) is 0 Å². The van der Waals surface area contributed by atoms with E-state index in [-0.39, 0.29) is 17.6 Å². The van der Waals surface area contributed by atoms with Crippen molar-refractivity contribution in [3.8, 4) is 11.1 Å². The molecule has 1 aliphatic carbocycles. The quantitative estimate of drug-likeness (QED) is 0.188. The van der Waals surface area contributed by atoms with Gasteiger partial charge in [0.25, 0.3) is 0 Å². The highest BCUT2D eigenvalue weighted by molar-refractivity contribution is 6.31. The Labute approximate surface area is 317 Å². The lowest BCUT2D eigenvalue weighted by molar-refractivity contribution is 0.505. The summed E-state index contributed by atoms with van der Waals surface area (Å²) in [7, 11) is 0. The SMILES string of the molecule is CC1(C)c2cc(C3Nc4ccccc4NC3n3c4cccc5c6cccc7c8ccccc8n(c8cccc3c8c54)c67)ccc2-c2cc3ccccc3cc21. The number of rotatable bonds is 2. The number of aromatic nitrogens is 2. The summed E-state index contributed by atoms with van der Waals surface area (Å²) in [6, 6.07) is 58.9. The normalized spacial score (nSPS) is 17.3. The van der Waals surface area contributed by atoms with Crippen molar-refractivity contribution in [1.29, 1.82) is 0 Å². The first-order valence-electron chi connectivity index (χ1n) is 19.4. The zero-order valence-electron chi connectivity index (χ0n) is 30.6. The predicted molar refractivity (Wildman–Crippen MR) is 231 cm³/mol. The third kappa shape index (κ3) is 3.71. The number of para-hydroxylation sites is 4. The first-order chi connectivity index (χ1) is 27.0. The van der Waals surface area contributed by atoms with E-state index in [0.29, 0.717) is 0 Å². The third-order valence-electron chi connectivity index (χ3n) is 13.1. The molecule has 8 aromatic carbocycles. The molecule has 0 saturated heterocycles. The minimum Gasteiger partial charge on any atom is -0.373 e. The van der Waals surface area contributed by atoms with Crippen LogP contribution < -0.4 is 10.6 Å². The van der Waals surface area contributed by atoms with Crippen LogP contribution in [0.1, 0.15) is 42.7 Å². The van der Waals surface area contributed by atoms with E-state index >= 15 is 0 Å². The van der Waals surface area contributed by atoms with Crippen LogP contribution in [-0.2, 0) is 5.41 Å². The standard InChI is InChI=1S/C51H36N4/c1-51(2)38-28-31(24-25-32(38)37-26-29-12-3-4-13-30(29)27-39(37)51)48-50(53-41-19-7-6-18-40(41)52-48)55-43-21-10-15-34-36-17-9-16-35-33-14-5-8-20-42(33)54(49(35)36)44-22-11-23-45(55)47(44)46(34)43/h3-28,48,50,52-53H,1-2H3. The van der Waals surface area contributed by atoms with Crippen molar-refractivity contribution in [2.24, 2.45) is 0 Å². The van der Waals surface area contributed by atoms with Crippen LogP contribution in [0.15, 0.2) is 158 Å². The molecule has 0 saturated carbocycles. The molecule has 0 fully saturated rings. The molecule has 0 spiro atoms. The molecule has 260 valence electrons. The van der Waals surface area contributed by atoms with Gasteiger partial charge in [-0.3, -0.25) is 0 Å². The molecule has 55 heavy (non-hydrogen) atoms. The van der Waals surface area contributed by atoms with Gasteiger partial charge in [-0.1, -0.05) is 123 Å². The van der Waals surface area contributed by atoms with Gasteiger partial charge < -0.3 is 19.6 Å². The zero-order valence-corrected chi connectivity index (χ0v) is 30.6. The Kier molecular flexibility index (Phi) is 5.52. The summed E-state index contributed by atoms with van der Waals surface area (Å²) in [6.07, 6.45) is -0.121. The Morgan fingerprint density at radius 2 is 1.07 bits per heavy atom. The number of hydrogen-bond acceptors (Lipinski definition) is 2. The summed E-state index contributed by atoms with van der Waals surface area (Å²) >= 11 is 0. The molecule has 0 radical (unpaired) electrons. The Hall–Kier alpha value is -6.78. The number of nitrogens with zero attached hydrogens (tertiary/aromatic N) is 2. The second-order valence-electron chi connectivity index (χ2n) is 16.2. The summed E-state index contributed by atoms with van der Waals surface area (Å²) in [6.45, 7) is 4.79. The molecule has 2 unspecified atom stereocenters. The fraction of sp³-hybridized carbons (Fsp3) is 0.0980. The molecule has 2 N–H and O–H groups in total. The monoisotopic (exact) mass is 704 g/mol. The van der Waals surface area contributed by atoms with Crippen LogP contribution in [-0.4, -0.2) is 8.97 Å². The lowest BCUT2D eigenvalue weighted by Crippen LogP contribution is -2.34. The molecule has 4 heterocycles. The number of anilines is 2. The molecule has 2 aliphatic rings. The van der Waals surface area contributed by atoms with Gasteiger partial charge in [0.05, 0.1) is 45.0 Å². The fourth-order valence-electron chi connectivity index (χ4n) is 10.7. The Morgan fingerprint density at radius 1 is 0.473 bits per heavy atom. The number of benzene rings is 8. The second kappa shape index (κ2) is 10.2. The molecule has 2 atom stereocenters. The van der Waals surface area contributed by atoms with E-state index in [4.69, 9.17) is 0 Å². The molecule has 4 nitrogen and oxygen atoms in total. The maximum Gasteiger partial charge on any atom is 0.129 e. The molecular weight excluding hydrogens is 669 g/mol. The average Bonchev–Trinajstić information content (AvgIpc) is 3.79. The molecule has 0 amide bonds. The molecule has 1 aliphatic heterocycles. The van der Waals surface area contributed by atoms with Gasteiger partial charge in [0.15, 0.2) is 0 Å². The highest BCUT2D eigenvalue weighted by Crippen LogP contribution is 2.53. The lowest BCUT2D eigenvalue weighted by atomic mass is 9.81. The number of hydrogen-bond donors (Lipinski definition) is 2. The van der Waals surface area contributed by atoms with E-state index in [2.05, 4.69) is 191 Å². The van der Waals surface area contributed by atoms with E-state index in [0.717, 1.165) is 11.4 Å². The van der Waals surface area contributed by atoms with Gasteiger partial charge in [-0.05, 0) is 92.5 Å². The second-order valence-corrected chi connectivity index (χ2v) is 16.2. The Morgan fingerprint density at radius 3 is 1.93 bits per heavy atom. The maximum absolute atomic E-state index is 4.09. The predicted octanol–water partition coefficient (Wildman–Crippen LogP) is 13.2. The van der Waals surface area contributed by atoms with Crippen molar-refractivity contribution < 1.29 is 0 Å². The van der Waals surface area contributed by atoms with Gasteiger partial charge in [-0.15, -0.1) is 0 Å². The van der Waals surface area contributed by atoms with Crippen LogP contribution in [0.25, 0.3) is 81.8 Å². The van der Waals surface area contributed by atoms with Crippen molar-refractivity contribution in [3.63, 3.8) is 0 Å². The van der Waals surface area contributed by atoms with Crippen molar-refractivity contribution >= 4 is 82.0 Å². The van der Waals surface area contributed by atoms with E-state index in [1.165, 1.54) is 98.5 Å². The van der Waals surface area contributed by atoms with Gasteiger partial charge in [0, 0.05) is 32.3 Å². The summed E-state index contributed by atoms with van der Waals surface area (Å²) in [5.41, 5.74) is 15.1. The molecule has 11 aromatic rings. The minimum absolute atomic E-state index is 0.0563. The van der Waals surface area contributed by atoms with Crippen LogP contribution in [0, 0.1) is 0 Å². The van der Waals surface area contributed by atoms with E-state index in [1.54, 1.807) is 0 Å². The van der Waals surface area contributed by atoms with Crippen LogP contribution in [0.4, 0.5) is 11.4 Å². The van der Waals surface area contributed by atoms with Crippen LogP contribution in [0.5, 0.6) is 0 Å². The van der Waals surface area contributed by atoms with Crippen molar-refractivity contribution in [2.45, 2.75) is 31.5 Å². The van der Waals surface area contributed by atoms with Gasteiger partial charge in [-0.25, -0.2) is 0 Å². The van der Waals surface area contributed by atoms with Crippen LogP contribution in [0.2, 0.25) is 0 Å². The zero-order chi connectivity index (χ0) is 36.2. The molecule has 4 heteroatoms. The molecule has 3 aromatic heterocycles. The molecule has 0 bridgehead atoms. The van der Waals surface area contributed by atoms with Gasteiger partial charge >= 0.3 is 0 Å². The molecule has 13 rings (SSSR count). The molecular formula is C51H36N4. The summed E-state index contributed by atoms with van der Waals surface area (Å²) in [5.74, 6) is 0. The largest absolute Gasteiger partial charge is 0.373 e. The van der Waals surface area contributed by atoms with E-state index < -0.39 is 0 Å². The van der Waals surface area contributed by atoms with Gasteiger partial charge in [0.2, 0.25) is 0 Å². The van der Waals surface area contributed by atoms with E-state index in [1.807, 2.05) is 0 Å². The van der Waals surface area contributed by atoms with Crippen molar-refractivity contribution in [3.05, 3.63) is 174 Å². The maximum atomic E-state index is 4.09. The summed E-state index contributed by atoms with van der Waals surface area (Å²) in [5, 5.41) is 18.5. The first-order valence-corrected chi connectivity index (χ1v) is 19.4. The van der Waals surface area contributed by atoms with E-state index in [9.17, 15) is 0 Å². The topological polar surface area (TPSA) is 33.4 Å². The van der Waals surface area contributed by atoms with Crippen molar-refractivity contribution in [2.75, 3.05) is 10.6 Å². The summed E-state index contributed by atoms with van der Waals surface area (Å²) in [4.78, 5) is 0. The highest BCUT2D eigenvalue weighted by Gasteiger charge is 2.39. The summed E-state index contributed by atoms with van der Waals surface area (Å²) < 4.78 is 5.11. The fourth-order valence-corrected chi connectivity index (χ4v) is 10.7. The van der Waals surface area contributed by atoms with Crippen LogP contribution >= 0.6 is 0 Å². The van der Waals surface area contributed by atoms with Gasteiger partial charge in [0.1, 0.15) is 6.17 Å². The van der Waals surface area contributed by atoms with Crippen molar-refractivity contribution in [1.82, 2.24) is 8.97 Å². The third-order valence-corrected chi connectivity index (χ3v) is 13.1. The Balaban J connectivity index is 1.09. The number of nitrogens with one attached hydrogen (secondary N) is 2.